The fraction of sp³-hybridized carbons (Fsp3) is 0.294. The van der Waals surface area contributed by atoms with E-state index in [1.54, 1.807) is 12.1 Å². The molecule has 110 valence electrons. The summed E-state index contributed by atoms with van der Waals surface area (Å²) in [5.41, 5.74) is 2.47. The van der Waals surface area contributed by atoms with Gasteiger partial charge in [0, 0.05) is 18.7 Å². The van der Waals surface area contributed by atoms with E-state index in [4.69, 9.17) is 27.9 Å². The van der Waals surface area contributed by atoms with Gasteiger partial charge >= 0.3 is 0 Å². The van der Waals surface area contributed by atoms with Crippen LogP contribution < -0.4 is 10.1 Å². The third-order valence-corrected chi connectivity index (χ3v) is 4.30. The maximum Gasteiger partial charge on any atom is 0.121 e. The number of halogens is 2. The minimum Gasteiger partial charge on any atom is -0.489 e. The Labute approximate surface area is 135 Å². The van der Waals surface area contributed by atoms with Crippen molar-refractivity contribution in [3.05, 3.63) is 63.6 Å². The summed E-state index contributed by atoms with van der Waals surface area (Å²) in [6.07, 6.45) is 2.59. The van der Waals surface area contributed by atoms with Crippen LogP contribution in [0.25, 0.3) is 0 Å². The van der Waals surface area contributed by atoms with Crippen molar-refractivity contribution in [1.29, 1.82) is 0 Å². The topological polar surface area (TPSA) is 21.3 Å². The molecule has 0 saturated heterocycles. The van der Waals surface area contributed by atoms with Crippen molar-refractivity contribution in [2.45, 2.75) is 32.0 Å². The van der Waals surface area contributed by atoms with Gasteiger partial charge in [0.15, 0.2) is 0 Å². The Kier molecular flexibility index (Phi) is 4.69. The van der Waals surface area contributed by atoms with Gasteiger partial charge in [0.25, 0.3) is 0 Å². The molecule has 0 heterocycles. The van der Waals surface area contributed by atoms with E-state index in [0.717, 1.165) is 12.3 Å². The molecule has 4 heteroatoms. The first-order chi connectivity index (χ1) is 10.2. The van der Waals surface area contributed by atoms with E-state index in [9.17, 15) is 0 Å². The molecule has 1 aliphatic carbocycles. The van der Waals surface area contributed by atoms with E-state index < -0.39 is 0 Å². The Bertz CT molecular complexity index is 626. The summed E-state index contributed by atoms with van der Waals surface area (Å²) in [6, 6.07) is 14.4. The van der Waals surface area contributed by atoms with Gasteiger partial charge in [-0.25, -0.2) is 0 Å². The van der Waals surface area contributed by atoms with Gasteiger partial charge in [-0.2, -0.15) is 0 Å². The SMILES string of the molecule is Clc1ccc(OCc2ccccc2CNC2CC2)cc1Cl. The van der Waals surface area contributed by atoms with E-state index in [2.05, 4.69) is 23.5 Å². The highest BCUT2D eigenvalue weighted by Crippen LogP contribution is 2.27. The molecule has 0 radical (unpaired) electrons. The van der Waals surface area contributed by atoms with Gasteiger partial charge in [-0.05, 0) is 36.1 Å². The van der Waals surface area contributed by atoms with E-state index in [1.165, 1.54) is 24.0 Å². The molecule has 2 nitrogen and oxygen atoms in total. The first kappa shape index (κ1) is 14.7. The quantitative estimate of drug-likeness (QED) is 0.823. The molecule has 1 saturated carbocycles. The molecule has 1 fully saturated rings. The molecular weight excluding hydrogens is 305 g/mol. The second kappa shape index (κ2) is 6.69. The van der Waals surface area contributed by atoms with Crippen LogP contribution in [0.15, 0.2) is 42.5 Å². The fourth-order valence-corrected chi connectivity index (χ4v) is 2.43. The summed E-state index contributed by atoms with van der Waals surface area (Å²) >= 11 is 11.9. The summed E-state index contributed by atoms with van der Waals surface area (Å²) in [5, 5.41) is 4.59. The lowest BCUT2D eigenvalue weighted by molar-refractivity contribution is 0.304. The highest BCUT2D eigenvalue weighted by atomic mass is 35.5. The third kappa shape index (κ3) is 4.13. The number of nitrogens with one attached hydrogen (secondary N) is 1. The van der Waals surface area contributed by atoms with Crippen LogP contribution in [0.1, 0.15) is 24.0 Å². The van der Waals surface area contributed by atoms with Gasteiger partial charge < -0.3 is 10.1 Å². The first-order valence-corrected chi connectivity index (χ1v) is 7.86. The van der Waals surface area contributed by atoms with Crippen molar-refractivity contribution in [3.63, 3.8) is 0 Å². The van der Waals surface area contributed by atoms with Crippen molar-refractivity contribution < 1.29 is 4.74 Å². The Hall–Kier alpha value is -1.22. The van der Waals surface area contributed by atoms with Gasteiger partial charge in [-0.1, -0.05) is 47.5 Å². The second-order valence-corrected chi connectivity index (χ2v) is 6.10. The zero-order valence-electron chi connectivity index (χ0n) is 11.6. The smallest absolute Gasteiger partial charge is 0.121 e. The maximum atomic E-state index is 6.00. The molecule has 0 aliphatic heterocycles. The Balaban J connectivity index is 1.64. The second-order valence-electron chi connectivity index (χ2n) is 5.29. The average molecular weight is 322 g/mol. The molecular formula is C17H17Cl2NO. The highest BCUT2D eigenvalue weighted by molar-refractivity contribution is 6.42. The highest BCUT2D eigenvalue weighted by Gasteiger charge is 2.20. The van der Waals surface area contributed by atoms with Crippen molar-refractivity contribution in [3.8, 4) is 5.75 Å². The molecule has 0 aromatic heterocycles. The number of ether oxygens (including phenoxy) is 1. The average Bonchev–Trinajstić information content (AvgIpc) is 3.31. The van der Waals surface area contributed by atoms with E-state index in [0.29, 0.717) is 22.7 Å². The predicted octanol–water partition coefficient (Wildman–Crippen LogP) is 4.82. The van der Waals surface area contributed by atoms with Crippen molar-refractivity contribution in [2.75, 3.05) is 0 Å². The third-order valence-electron chi connectivity index (χ3n) is 3.56. The Morgan fingerprint density at radius 1 is 1.00 bits per heavy atom. The summed E-state index contributed by atoms with van der Waals surface area (Å²) in [6.45, 7) is 1.42. The van der Waals surface area contributed by atoms with Crippen LogP contribution in [0.4, 0.5) is 0 Å². The van der Waals surface area contributed by atoms with E-state index >= 15 is 0 Å². The van der Waals surface area contributed by atoms with Crippen LogP contribution in [0.2, 0.25) is 10.0 Å². The van der Waals surface area contributed by atoms with Crippen LogP contribution in [-0.2, 0) is 13.2 Å². The molecule has 0 atom stereocenters. The predicted molar refractivity (Wildman–Crippen MR) is 87.1 cm³/mol. The molecule has 2 aromatic rings. The standard InChI is InChI=1S/C17H17Cl2NO/c18-16-8-7-15(9-17(16)19)21-11-13-4-2-1-3-12(13)10-20-14-5-6-14/h1-4,7-9,14,20H,5-6,10-11H2. The summed E-state index contributed by atoms with van der Waals surface area (Å²) in [4.78, 5) is 0. The first-order valence-electron chi connectivity index (χ1n) is 7.10. The zero-order valence-corrected chi connectivity index (χ0v) is 13.1. The van der Waals surface area contributed by atoms with Gasteiger partial charge in [-0.3, -0.25) is 0 Å². The molecule has 0 amide bonds. The fourth-order valence-electron chi connectivity index (χ4n) is 2.14. The molecule has 1 N–H and O–H groups in total. The van der Waals surface area contributed by atoms with Gasteiger partial charge in [-0.15, -0.1) is 0 Å². The molecule has 1 aliphatic rings. The number of benzene rings is 2. The lowest BCUT2D eigenvalue weighted by Crippen LogP contribution is -2.16. The monoisotopic (exact) mass is 321 g/mol. The minimum absolute atomic E-state index is 0.512. The molecule has 21 heavy (non-hydrogen) atoms. The Morgan fingerprint density at radius 2 is 1.76 bits per heavy atom. The van der Waals surface area contributed by atoms with Crippen LogP contribution >= 0.6 is 23.2 Å². The zero-order chi connectivity index (χ0) is 14.7. The lowest BCUT2D eigenvalue weighted by Gasteiger charge is -2.12. The van der Waals surface area contributed by atoms with Crippen LogP contribution in [0.3, 0.4) is 0 Å². The van der Waals surface area contributed by atoms with Gasteiger partial charge in [0.2, 0.25) is 0 Å². The largest absolute Gasteiger partial charge is 0.489 e. The summed E-state index contributed by atoms with van der Waals surface area (Å²) in [5.74, 6) is 0.731. The van der Waals surface area contributed by atoms with Crippen molar-refractivity contribution in [2.24, 2.45) is 0 Å². The van der Waals surface area contributed by atoms with Gasteiger partial charge in [0.1, 0.15) is 12.4 Å². The van der Waals surface area contributed by atoms with Crippen LogP contribution in [0.5, 0.6) is 5.75 Å². The Morgan fingerprint density at radius 3 is 2.48 bits per heavy atom. The molecule has 0 unspecified atom stereocenters. The van der Waals surface area contributed by atoms with Crippen LogP contribution in [0, 0.1) is 0 Å². The maximum absolute atomic E-state index is 6.00. The summed E-state index contributed by atoms with van der Waals surface area (Å²) < 4.78 is 5.82. The minimum atomic E-state index is 0.512. The number of hydrogen-bond acceptors (Lipinski definition) is 2. The molecule has 3 rings (SSSR count). The summed E-state index contributed by atoms with van der Waals surface area (Å²) in [7, 11) is 0. The number of rotatable bonds is 6. The molecule has 0 bridgehead atoms. The van der Waals surface area contributed by atoms with Crippen molar-refractivity contribution >= 4 is 23.2 Å². The van der Waals surface area contributed by atoms with Gasteiger partial charge in [0.05, 0.1) is 10.0 Å². The van der Waals surface area contributed by atoms with E-state index in [1.807, 2.05) is 12.1 Å². The normalized spacial score (nSPS) is 14.2. The van der Waals surface area contributed by atoms with Crippen LogP contribution in [-0.4, -0.2) is 6.04 Å². The number of hydrogen-bond donors (Lipinski definition) is 1. The van der Waals surface area contributed by atoms with E-state index in [-0.39, 0.29) is 0 Å². The molecule has 0 spiro atoms. The molecule has 2 aromatic carbocycles. The lowest BCUT2D eigenvalue weighted by atomic mass is 10.1. The van der Waals surface area contributed by atoms with Crippen molar-refractivity contribution in [1.82, 2.24) is 5.32 Å².